The molecule has 1 N–H and O–H groups in total. The number of hydrogen-bond donors (Lipinski definition) is 1. The molecule has 7 heteroatoms. The van der Waals surface area contributed by atoms with Gasteiger partial charge in [0.1, 0.15) is 0 Å². The minimum atomic E-state index is -4.54. The molecule has 1 aliphatic heterocycles. The van der Waals surface area contributed by atoms with Gasteiger partial charge in [-0.15, -0.1) is 10.2 Å². The van der Waals surface area contributed by atoms with Gasteiger partial charge in [0.05, 0.1) is 0 Å². The van der Waals surface area contributed by atoms with Crippen LogP contribution in [0, 0.1) is 0 Å². The van der Waals surface area contributed by atoms with E-state index in [0.717, 1.165) is 0 Å². The fourth-order valence-corrected chi connectivity index (χ4v) is 1.44. The molecule has 0 unspecified atom stereocenters. The molecule has 90 valence electrons. The molecule has 1 amide bonds. The van der Waals surface area contributed by atoms with Crippen molar-refractivity contribution in [2.75, 3.05) is 7.05 Å². The number of nitrogens with zero attached hydrogens (tertiary/aromatic N) is 2. The van der Waals surface area contributed by atoms with Crippen molar-refractivity contribution in [1.29, 1.82) is 0 Å². The van der Waals surface area contributed by atoms with Gasteiger partial charge in [-0.2, -0.15) is 13.2 Å². The molecule has 0 spiro atoms. The maximum Gasteiger partial charge on any atom is 0.442 e. The number of rotatable bonds is 2. The molecule has 0 aliphatic carbocycles. The maximum atomic E-state index is 12.6. The molecule has 0 atom stereocenters. The van der Waals surface area contributed by atoms with Crippen LogP contribution in [-0.2, 0) is 5.66 Å². The second-order valence-corrected chi connectivity index (χ2v) is 3.53. The first kappa shape index (κ1) is 11.6. The van der Waals surface area contributed by atoms with Crippen LogP contribution in [0.1, 0.15) is 15.9 Å². The predicted molar refractivity (Wildman–Crippen MR) is 52.4 cm³/mol. The van der Waals surface area contributed by atoms with Crippen LogP contribution >= 0.6 is 0 Å². The summed E-state index contributed by atoms with van der Waals surface area (Å²) in [5, 5.41) is 8.52. The Morgan fingerprint density at radius 2 is 1.76 bits per heavy atom. The lowest BCUT2D eigenvalue weighted by Gasteiger charge is -2.14. The lowest BCUT2D eigenvalue weighted by atomic mass is 10.0. The van der Waals surface area contributed by atoms with E-state index in [1.54, 1.807) is 0 Å². The summed E-state index contributed by atoms with van der Waals surface area (Å²) in [6.07, 6.45) is -4.54. The summed E-state index contributed by atoms with van der Waals surface area (Å²) in [5.74, 6) is -0.359. The largest absolute Gasteiger partial charge is 0.442 e. The highest BCUT2D eigenvalue weighted by atomic mass is 19.4. The molecule has 17 heavy (non-hydrogen) atoms. The predicted octanol–water partition coefficient (Wildman–Crippen LogP) is 2.23. The molecule has 0 saturated carbocycles. The van der Waals surface area contributed by atoms with Crippen LogP contribution < -0.4 is 5.32 Å². The molecular weight excluding hydrogens is 235 g/mol. The number of carbonyl (C=O) groups is 1. The molecule has 1 aromatic carbocycles. The molecule has 0 aromatic heterocycles. The van der Waals surface area contributed by atoms with Gasteiger partial charge >= 0.3 is 11.8 Å². The van der Waals surface area contributed by atoms with Crippen molar-refractivity contribution in [3.8, 4) is 0 Å². The Hall–Kier alpha value is -1.92. The fourth-order valence-electron chi connectivity index (χ4n) is 1.44. The lowest BCUT2D eigenvalue weighted by molar-refractivity contribution is -0.166. The van der Waals surface area contributed by atoms with Crippen molar-refractivity contribution >= 4 is 5.91 Å². The minimum Gasteiger partial charge on any atom is -0.355 e. The summed E-state index contributed by atoms with van der Waals surface area (Å²) < 4.78 is 37.9. The number of alkyl halides is 3. The number of carbonyl (C=O) groups excluding carboxylic acids is 1. The van der Waals surface area contributed by atoms with Gasteiger partial charge in [-0.3, -0.25) is 4.79 Å². The molecule has 0 saturated heterocycles. The standard InChI is InChI=1S/C10H8F3N3O/c1-14-8(17)6-2-4-7(5-3-6)9(15-16-9)10(11,12)13/h2-5H,1H3,(H,14,17). The van der Waals surface area contributed by atoms with E-state index in [1.807, 2.05) is 0 Å². The molecule has 1 aromatic rings. The van der Waals surface area contributed by atoms with Gasteiger partial charge in [-0.25, -0.2) is 0 Å². The second-order valence-electron chi connectivity index (χ2n) is 3.53. The number of nitrogens with one attached hydrogen (secondary N) is 1. The summed E-state index contributed by atoms with van der Waals surface area (Å²) in [5.41, 5.74) is -2.22. The van der Waals surface area contributed by atoms with Gasteiger partial charge in [0, 0.05) is 18.2 Å². The Kier molecular flexibility index (Phi) is 2.41. The summed E-state index contributed by atoms with van der Waals surface area (Å²) in [6.45, 7) is 0. The van der Waals surface area contributed by atoms with Crippen molar-refractivity contribution in [1.82, 2.24) is 5.32 Å². The van der Waals surface area contributed by atoms with Crippen molar-refractivity contribution in [2.45, 2.75) is 11.8 Å². The molecular formula is C10H8F3N3O. The Balaban J connectivity index is 2.28. The van der Waals surface area contributed by atoms with E-state index in [4.69, 9.17) is 0 Å². The number of amides is 1. The highest BCUT2D eigenvalue weighted by Gasteiger charge is 2.65. The van der Waals surface area contributed by atoms with E-state index < -0.39 is 11.8 Å². The zero-order chi connectivity index (χ0) is 12.7. The summed E-state index contributed by atoms with van der Waals surface area (Å²) >= 11 is 0. The average Bonchev–Trinajstić information content (AvgIpc) is 3.08. The maximum absolute atomic E-state index is 12.6. The minimum absolute atomic E-state index is 0.0855. The SMILES string of the molecule is CNC(=O)c1ccc(C2(C(F)(F)F)N=N2)cc1. The van der Waals surface area contributed by atoms with Crippen molar-refractivity contribution in [3.05, 3.63) is 35.4 Å². The van der Waals surface area contributed by atoms with Crippen molar-refractivity contribution in [3.63, 3.8) is 0 Å². The highest BCUT2D eigenvalue weighted by Crippen LogP contribution is 2.52. The van der Waals surface area contributed by atoms with Crippen LogP contribution in [0.25, 0.3) is 0 Å². The summed E-state index contributed by atoms with van der Waals surface area (Å²) in [6, 6.07) is 5.03. The average molecular weight is 243 g/mol. The first-order valence-electron chi connectivity index (χ1n) is 4.74. The lowest BCUT2D eigenvalue weighted by Crippen LogP contribution is -2.30. The third kappa shape index (κ3) is 1.77. The van der Waals surface area contributed by atoms with E-state index in [-0.39, 0.29) is 17.0 Å². The Bertz CT molecular complexity index is 473. The molecule has 0 fully saturated rings. The second kappa shape index (κ2) is 3.54. The van der Waals surface area contributed by atoms with Crippen molar-refractivity contribution in [2.24, 2.45) is 10.2 Å². The first-order valence-corrected chi connectivity index (χ1v) is 4.74. The Morgan fingerprint density at radius 3 is 2.12 bits per heavy atom. The van der Waals surface area contributed by atoms with Gasteiger partial charge < -0.3 is 5.32 Å². The topological polar surface area (TPSA) is 53.8 Å². The zero-order valence-electron chi connectivity index (χ0n) is 8.75. The molecule has 4 nitrogen and oxygen atoms in total. The highest BCUT2D eigenvalue weighted by molar-refractivity contribution is 5.93. The Labute approximate surface area is 94.5 Å². The van der Waals surface area contributed by atoms with Crippen LogP contribution in [0.2, 0.25) is 0 Å². The third-order valence-electron chi connectivity index (χ3n) is 2.47. The van der Waals surface area contributed by atoms with Gasteiger partial charge in [-0.05, 0) is 12.1 Å². The van der Waals surface area contributed by atoms with Gasteiger partial charge in [0.15, 0.2) is 0 Å². The van der Waals surface area contributed by atoms with Gasteiger partial charge in [-0.1, -0.05) is 12.1 Å². The molecule has 2 rings (SSSR count). The van der Waals surface area contributed by atoms with E-state index >= 15 is 0 Å². The van der Waals surface area contributed by atoms with Crippen LogP contribution in [0.15, 0.2) is 34.5 Å². The smallest absolute Gasteiger partial charge is 0.355 e. The van der Waals surface area contributed by atoms with E-state index in [1.165, 1.54) is 31.3 Å². The van der Waals surface area contributed by atoms with Crippen LogP contribution in [0.5, 0.6) is 0 Å². The van der Waals surface area contributed by atoms with E-state index in [9.17, 15) is 18.0 Å². The fraction of sp³-hybridized carbons (Fsp3) is 0.300. The van der Waals surface area contributed by atoms with Crippen LogP contribution in [0.4, 0.5) is 13.2 Å². The van der Waals surface area contributed by atoms with Crippen LogP contribution in [-0.4, -0.2) is 19.1 Å². The number of halogens is 3. The molecule has 1 aliphatic rings. The van der Waals surface area contributed by atoms with Gasteiger partial charge in [0.2, 0.25) is 0 Å². The molecule has 0 radical (unpaired) electrons. The third-order valence-corrected chi connectivity index (χ3v) is 2.47. The van der Waals surface area contributed by atoms with Gasteiger partial charge in [0.25, 0.3) is 5.91 Å². The normalized spacial score (nSPS) is 16.7. The Morgan fingerprint density at radius 1 is 1.24 bits per heavy atom. The number of hydrogen-bond acceptors (Lipinski definition) is 3. The van der Waals surface area contributed by atoms with Crippen LogP contribution in [0.3, 0.4) is 0 Å². The molecule has 0 bridgehead atoms. The van der Waals surface area contributed by atoms with E-state index in [0.29, 0.717) is 0 Å². The zero-order valence-corrected chi connectivity index (χ0v) is 8.75. The first-order chi connectivity index (χ1) is 7.90. The van der Waals surface area contributed by atoms with E-state index in [2.05, 4.69) is 15.5 Å². The summed E-state index contributed by atoms with van der Waals surface area (Å²) in [4.78, 5) is 11.2. The quantitative estimate of drug-likeness (QED) is 0.850. The summed E-state index contributed by atoms with van der Waals surface area (Å²) in [7, 11) is 1.44. The number of benzene rings is 1. The molecule has 1 heterocycles. The van der Waals surface area contributed by atoms with Crippen molar-refractivity contribution < 1.29 is 18.0 Å². The monoisotopic (exact) mass is 243 g/mol.